The summed E-state index contributed by atoms with van der Waals surface area (Å²) in [6.07, 6.45) is 0. The molecule has 0 radical (unpaired) electrons. The highest BCUT2D eigenvalue weighted by Crippen LogP contribution is 2.29. The van der Waals surface area contributed by atoms with Crippen molar-refractivity contribution in [1.29, 1.82) is 0 Å². The van der Waals surface area contributed by atoms with Crippen molar-refractivity contribution in [2.24, 2.45) is 0 Å². The van der Waals surface area contributed by atoms with Crippen LogP contribution >= 0.6 is 11.3 Å². The summed E-state index contributed by atoms with van der Waals surface area (Å²) in [5.74, 6) is 0.846. The van der Waals surface area contributed by atoms with Crippen LogP contribution in [0.2, 0.25) is 0 Å². The Hall–Kier alpha value is -2.53. The molecule has 25 heavy (non-hydrogen) atoms. The lowest BCUT2D eigenvalue weighted by Crippen LogP contribution is -2.21. The lowest BCUT2D eigenvalue weighted by molar-refractivity contribution is 0.415. The first-order valence-electron chi connectivity index (χ1n) is 8.45. The van der Waals surface area contributed by atoms with E-state index in [9.17, 15) is 0 Å². The van der Waals surface area contributed by atoms with Gasteiger partial charge < -0.3 is 15.0 Å². The average Bonchev–Trinajstić information content (AvgIpc) is 3.12. The predicted molar refractivity (Wildman–Crippen MR) is 107 cm³/mol. The topological polar surface area (TPSA) is 37.4 Å². The summed E-state index contributed by atoms with van der Waals surface area (Å²) < 4.78 is 5.18. The second kappa shape index (κ2) is 8.03. The monoisotopic (exact) mass is 353 g/mol. The van der Waals surface area contributed by atoms with Crippen LogP contribution in [-0.4, -0.2) is 25.2 Å². The normalized spacial score (nSPS) is 10.5. The molecule has 1 aromatic heterocycles. The van der Waals surface area contributed by atoms with E-state index in [0.29, 0.717) is 0 Å². The number of hydrogen-bond donors (Lipinski definition) is 1. The molecule has 2 aromatic carbocycles. The quantitative estimate of drug-likeness (QED) is 0.616. The highest BCUT2D eigenvalue weighted by atomic mass is 32.1. The highest BCUT2D eigenvalue weighted by Gasteiger charge is 2.07. The standard InChI is InChI=1S/C20H23N3OS/c1-4-23(5-2)17-10-6-15(7-11-17)19-14-25-20(22-19)21-16-8-12-18(24-3)13-9-16/h6-14H,4-5H2,1-3H3,(H,21,22). The maximum absolute atomic E-state index is 5.18. The lowest BCUT2D eigenvalue weighted by atomic mass is 10.1. The van der Waals surface area contributed by atoms with Gasteiger partial charge in [-0.1, -0.05) is 12.1 Å². The molecule has 0 atom stereocenters. The number of hydrogen-bond acceptors (Lipinski definition) is 5. The van der Waals surface area contributed by atoms with E-state index in [1.165, 1.54) is 5.69 Å². The number of aromatic nitrogens is 1. The molecule has 0 fully saturated rings. The Kier molecular flexibility index (Phi) is 5.56. The minimum absolute atomic E-state index is 0.846. The van der Waals surface area contributed by atoms with Crippen LogP contribution in [0.15, 0.2) is 53.9 Å². The fourth-order valence-electron chi connectivity index (χ4n) is 2.69. The Labute approximate surface area is 153 Å². The fraction of sp³-hybridized carbons (Fsp3) is 0.250. The second-order valence-corrected chi connectivity index (χ2v) is 6.47. The van der Waals surface area contributed by atoms with E-state index in [0.717, 1.165) is 40.9 Å². The highest BCUT2D eigenvalue weighted by molar-refractivity contribution is 7.14. The van der Waals surface area contributed by atoms with Gasteiger partial charge in [0.05, 0.1) is 12.8 Å². The van der Waals surface area contributed by atoms with Crippen molar-refractivity contribution in [1.82, 2.24) is 4.98 Å². The van der Waals surface area contributed by atoms with Gasteiger partial charge in [0, 0.05) is 35.4 Å². The molecule has 1 N–H and O–H groups in total. The first-order chi connectivity index (χ1) is 12.2. The molecule has 0 saturated carbocycles. The van der Waals surface area contributed by atoms with Crippen molar-refractivity contribution in [2.75, 3.05) is 30.4 Å². The van der Waals surface area contributed by atoms with Crippen LogP contribution in [0.5, 0.6) is 5.75 Å². The largest absolute Gasteiger partial charge is 0.497 e. The fourth-order valence-corrected chi connectivity index (χ4v) is 3.43. The van der Waals surface area contributed by atoms with Gasteiger partial charge in [0.15, 0.2) is 5.13 Å². The summed E-state index contributed by atoms with van der Waals surface area (Å²) in [4.78, 5) is 7.03. The molecule has 5 heteroatoms. The van der Waals surface area contributed by atoms with Gasteiger partial charge in [0.25, 0.3) is 0 Å². The third-order valence-electron chi connectivity index (χ3n) is 4.14. The molecule has 0 spiro atoms. The van der Waals surface area contributed by atoms with Crippen LogP contribution in [0, 0.1) is 0 Å². The Bertz CT molecular complexity index is 793. The van der Waals surface area contributed by atoms with Gasteiger partial charge >= 0.3 is 0 Å². The number of ether oxygens (including phenoxy) is 1. The van der Waals surface area contributed by atoms with Crippen LogP contribution in [0.4, 0.5) is 16.5 Å². The zero-order valence-electron chi connectivity index (χ0n) is 14.8. The molecule has 0 unspecified atom stereocenters. The van der Waals surface area contributed by atoms with E-state index in [1.807, 2.05) is 24.3 Å². The van der Waals surface area contributed by atoms with E-state index in [4.69, 9.17) is 9.72 Å². The molecule has 0 saturated heterocycles. The first kappa shape index (κ1) is 17.3. The van der Waals surface area contributed by atoms with E-state index in [2.05, 4.69) is 53.7 Å². The number of thiazole rings is 1. The molecule has 0 bridgehead atoms. The van der Waals surface area contributed by atoms with Crippen molar-refractivity contribution >= 4 is 27.8 Å². The molecule has 0 aliphatic heterocycles. The molecular weight excluding hydrogens is 330 g/mol. The minimum atomic E-state index is 0.846. The maximum atomic E-state index is 5.18. The average molecular weight is 353 g/mol. The van der Waals surface area contributed by atoms with E-state index >= 15 is 0 Å². The molecule has 130 valence electrons. The number of anilines is 3. The zero-order chi connectivity index (χ0) is 17.6. The van der Waals surface area contributed by atoms with Gasteiger partial charge in [-0.25, -0.2) is 4.98 Å². The number of methoxy groups -OCH3 is 1. The van der Waals surface area contributed by atoms with Crippen LogP contribution in [0.1, 0.15) is 13.8 Å². The maximum Gasteiger partial charge on any atom is 0.187 e. The molecule has 1 heterocycles. The SMILES string of the molecule is CCN(CC)c1ccc(-c2csc(Nc3ccc(OC)cc3)n2)cc1. The van der Waals surface area contributed by atoms with Gasteiger partial charge in [-0.2, -0.15) is 0 Å². The summed E-state index contributed by atoms with van der Waals surface area (Å²) in [7, 11) is 1.67. The summed E-state index contributed by atoms with van der Waals surface area (Å²) in [6.45, 7) is 6.38. The van der Waals surface area contributed by atoms with Crippen LogP contribution < -0.4 is 15.0 Å². The van der Waals surface area contributed by atoms with Crippen molar-refractivity contribution in [3.05, 3.63) is 53.9 Å². The summed E-state index contributed by atoms with van der Waals surface area (Å²) >= 11 is 1.60. The molecular formula is C20H23N3OS. The Balaban J connectivity index is 1.72. The van der Waals surface area contributed by atoms with Gasteiger partial charge in [-0.3, -0.25) is 0 Å². The number of rotatable bonds is 7. The third kappa shape index (κ3) is 4.12. The minimum Gasteiger partial charge on any atom is -0.497 e. The number of nitrogens with one attached hydrogen (secondary N) is 1. The number of benzene rings is 2. The van der Waals surface area contributed by atoms with E-state index in [-0.39, 0.29) is 0 Å². The van der Waals surface area contributed by atoms with Crippen molar-refractivity contribution in [2.45, 2.75) is 13.8 Å². The van der Waals surface area contributed by atoms with E-state index < -0.39 is 0 Å². The first-order valence-corrected chi connectivity index (χ1v) is 9.33. The van der Waals surface area contributed by atoms with Crippen molar-refractivity contribution in [3.8, 4) is 17.0 Å². The second-order valence-electron chi connectivity index (χ2n) is 5.61. The van der Waals surface area contributed by atoms with Crippen LogP contribution in [-0.2, 0) is 0 Å². The van der Waals surface area contributed by atoms with Gasteiger partial charge in [-0.05, 0) is 50.2 Å². The van der Waals surface area contributed by atoms with Crippen LogP contribution in [0.3, 0.4) is 0 Å². The molecule has 0 amide bonds. The summed E-state index contributed by atoms with van der Waals surface area (Å²) in [6, 6.07) is 16.4. The molecule has 0 aliphatic carbocycles. The molecule has 0 aliphatic rings. The van der Waals surface area contributed by atoms with Crippen LogP contribution in [0.25, 0.3) is 11.3 Å². The summed E-state index contributed by atoms with van der Waals surface area (Å²) in [5, 5.41) is 6.30. The Morgan fingerprint density at radius 1 is 1.00 bits per heavy atom. The molecule has 3 aromatic rings. The third-order valence-corrected chi connectivity index (χ3v) is 4.89. The van der Waals surface area contributed by atoms with E-state index in [1.54, 1.807) is 18.4 Å². The van der Waals surface area contributed by atoms with Gasteiger partial charge in [0.1, 0.15) is 5.75 Å². The zero-order valence-corrected chi connectivity index (χ0v) is 15.6. The van der Waals surface area contributed by atoms with Crippen molar-refractivity contribution < 1.29 is 4.74 Å². The predicted octanol–water partition coefficient (Wildman–Crippen LogP) is 5.41. The molecule has 3 rings (SSSR count). The summed E-state index contributed by atoms with van der Waals surface area (Å²) in [5.41, 5.74) is 4.38. The Morgan fingerprint density at radius 2 is 1.68 bits per heavy atom. The van der Waals surface area contributed by atoms with Gasteiger partial charge in [-0.15, -0.1) is 11.3 Å². The number of nitrogens with zero attached hydrogens (tertiary/aromatic N) is 2. The van der Waals surface area contributed by atoms with Gasteiger partial charge in [0.2, 0.25) is 0 Å². The lowest BCUT2D eigenvalue weighted by Gasteiger charge is -2.20. The molecule has 4 nitrogen and oxygen atoms in total. The van der Waals surface area contributed by atoms with Crippen molar-refractivity contribution in [3.63, 3.8) is 0 Å². The Morgan fingerprint density at radius 3 is 2.28 bits per heavy atom. The smallest absolute Gasteiger partial charge is 0.187 e.